The van der Waals surface area contributed by atoms with Crippen molar-refractivity contribution in [2.45, 2.75) is 6.54 Å². The molecule has 2 heterocycles. The van der Waals surface area contributed by atoms with E-state index in [0.29, 0.717) is 22.5 Å². The average molecular weight is 453 g/mol. The molecule has 116 valence electrons. The minimum absolute atomic E-state index is 0.0337. The molecule has 0 aliphatic heterocycles. The van der Waals surface area contributed by atoms with Gasteiger partial charge in [0.25, 0.3) is 5.91 Å². The SMILES string of the molecule is O=C(c1ccsc1)c1ccc(CNC(=O)c2ccccc2I)s1. The van der Waals surface area contributed by atoms with E-state index in [0.717, 1.165) is 8.45 Å². The molecule has 0 radical (unpaired) electrons. The van der Waals surface area contributed by atoms with E-state index in [9.17, 15) is 9.59 Å². The molecule has 3 aromatic rings. The van der Waals surface area contributed by atoms with Crippen LogP contribution in [0.4, 0.5) is 0 Å². The van der Waals surface area contributed by atoms with Gasteiger partial charge in [0.2, 0.25) is 5.78 Å². The van der Waals surface area contributed by atoms with Crippen molar-refractivity contribution in [3.63, 3.8) is 0 Å². The third-order valence-electron chi connectivity index (χ3n) is 3.21. The molecule has 0 spiro atoms. The molecule has 0 saturated carbocycles. The molecular formula is C17H12INO2S2. The van der Waals surface area contributed by atoms with Crippen LogP contribution in [-0.2, 0) is 6.54 Å². The molecule has 1 amide bonds. The van der Waals surface area contributed by atoms with Gasteiger partial charge in [-0.05, 0) is 58.3 Å². The van der Waals surface area contributed by atoms with E-state index in [1.54, 1.807) is 6.07 Å². The Bertz CT molecular complexity index is 840. The molecular weight excluding hydrogens is 441 g/mol. The van der Waals surface area contributed by atoms with Gasteiger partial charge in [-0.15, -0.1) is 11.3 Å². The summed E-state index contributed by atoms with van der Waals surface area (Å²) < 4.78 is 0.919. The summed E-state index contributed by atoms with van der Waals surface area (Å²) in [5.74, 6) is -0.0689. The lowest BCUT2D eigenvalue weighted by atomic mass is 10.2. The van der Waals surface area contributed by atoms with Crippen LogP contribution in [0.2, 0.25) is 0 Å². The summed E-state index contributed by atoms with van der Waals surface area (Å²) in [6.45, 7) is 0.422. The summed E-state index contributed by atoms with van der Waals surface area (Å²) in [6, 6.07) is 13.0. The minimum atomic E-state index is -0.103. The van der Waals surface area contributed by atoms with Crippen molar-refractivity contribution in [2.75, 3.05) is 0 Å². The molecule has 0 aliphatic rings. The lowest BCUT2D eigenvalue weighted by Crippen LogP contribution is -2.23. The van der Waals surface area contributed by atoms with Crippen LogP contribution in [0.5, 0.6) is 0 Å². The monoisotopic (exact) mass is 453 g/mol. The number of thiophene rings is 2. The molecule has 3 rings (SSSR count). The van der Waals surface area contributed by atoms with Crippen molar-refractivity contribution in [1.82, 2.24) is 5.32 Å². The topological polar surface area (TPSA) is 46.2 Å². The van der Waals surface area contributed by atoms with Gasteiger partial charge in [-0.3, -0.25) is 9.59 Å². The summed E-state index contributed by atoms with van der Waals surface area (Å²) in [6.07, 6.45) is 0. The maximum atomic E-state index is 12.3. The number of carbonyl (C=O) groups is 2. The molecule has 1 aromatic carbocycles. The van der Waals surface area contributed by atoms with Gasteiger partial charge in [0.15, 0.2) is 0 Å². The van der Waals surface area contributed by atoms with Crippen molar-refractivity contribution >= 4 is 57.0 Å². The molecule has 23 heavy (non-hydrogen) atoms. The summed E-state index contributed by atoms with van der Waals surface area (Å²) >= 11 is 5.07. The molecule has 2 aromatic heterocycles. The molecule has 0 fully saturated rings. The van der Waals surface area contributed by atoms with Crippen molar-refractivity contribution < 1.29 is 9.59 Å². The van der Waals surface area contributed by atoms with Crippen molar-refractivity contribution in [3.05, 3.63) is 77.7 Å². The molecule has 0 aliphatic carbocycles. The van der Waals surface area contributed by atoms with E-state index in [1.807, 2.05) is 47.2 Å². The van der Waals surface area contributed by atoms with Gasteiger partial charge >= 0.3 is 0 Å². The predicted molar refractivity (Wildman–Crippen MR) is 102 cm³/mol. The Labute approximate surface area is 155 Å². The predicted octanol–water partition coefficient (Wildman–Crippen LogP) is 4.58. The summed E-state index contributed by atoms with van der Waals surface area (Å²) in [5.41, 5.74) is 1.38. The van der Waals surface area contributed by atoms with Crippen LogP contribution >= 0.6 is 45.3 Å². The molecule has 1 N–H and O–H groups in total. The Balaban J connectivity index is 1.65. The van der Waals surface area contributed by atoms with Crippen molar-refractivity contribution in [2.24, 2.45) is 0 Å². The minimum Gasteiger partial charge on any atom is -0.347 e. The Morgan fingerprint density at radius 3 is 2.65 bits per heavy atom. The number of benzene rings is 1. The van der Waals surface area contributed by atoms with E-state index in [4.69, 9.17) is 0 Å². The van der Waals surface area contributed by atoms with Crippen molar-refractivity contribution in [3.8, 4) is 0 Å². The fraction of sp³-hybridized carbons (Fsp3) is 0.0588. The highest BCUT2D eigenvalue weighted by atomic mass is 127. The molecule has 0 saturated heterocycles. The van der Waals surface area contributed by atoms with E-state index >= 15 is 0 Å². The molecule has 0 bridgehead atoms. The largest absolute Gasteiger partial charge is 0.347 e. The second-order valence-corrected chi connectivity index (χ2v) is 7.88. The number of hydrogen-bond donors (Lipinski definition) is 1. The van der Waals surface area contributed by atoms with Gasteiger partial charge in [-0.25, -0.2) is 0 Å². The maximum absolute atomic E-state index is 12.3. The number of carbonyl (C=O) groups excluding carboxylic acids is 2. The maximum Gasteiger partial charge on any atom is 0.252 e. The highest BCUT2D eigenvalue weighted by Gasteiger charge is 2.13. The van der Waals surface area contributed by atoms with Crippen LogP contribution < -0.4 is 5.32 Å². The second-order valence-electron chi connectivity index (χ2n) is 4.77. The highest BCUT2D eigenvalue weighted by Crippen LogP contribution is 2.21. The lowest BCUT2D eigenvalue weighted by Gasteiger charge is -2.05. The third kappa shape index (κ3) is 3.88. The van der Waals surface area contributed by atoms with Crippen LogP contribution in [0.3, 0.4) is 0 Å². The van der Waals surface area contributed by atoms with Gasteiger partial charge in [-0.2, -0.15) is 11.3 Å². The van der Waals surface area contributed by atoms with E-state index < -0.39 is 0 Å². The molecule has 6 heteroatoms. The fourth-order valence-corrected chi connectivity index (χ4v) is 4.22. The average Bonchev–Trinajstić information content (AvgIpc) is 3.24. The van der Waals surface area contributed by atoms with Crippen LogP contribution in [0, 0.1) is 3.57 Å². The van der Waals surface area contributed by atoms with Gasteiger partial charge in [0.05, 0.1) is 17.0 Å². The van der Waals surface area contributed by atoms with Crippen molar-refractivity contribution in [1.29, 1.82) is 0 Å². The van der Waals surface area contributed by atoms with E-state index in [-0.39, 0.29) is 11.7 Å². The van der Waals surface area contributed by atoms with Gasteiger partial charge in [-0.1, -0.05) is 12.1 Å². The zero-order valence-corrected chi connectivity index (χ0v) is 15.7. The highest BCUT2D eigenvalue weighted by molar-refractivity contribution is 14.1. The van der Waals surface area contributed by atoms with Gasteiger partial charge in [0, 0.05) is 19.4 Å². The van der Waals surface area contributed by atoms with Gasteiger partial charge in [0.1, 0.15) is 0 Å². The smallest absolute Gasteiger partial charge is 0.252 e. The van der Waals surface area contributed by atoms with Crippen LogP contribution in [-0.4, -0.2) is 11.7 Å². The summed E-state index contributed by atoms with van der Waals surface area (Å²) in [7, 11) is 0. The first-order chi connectivity index (χ1) is 11.1. The summed E-state index contributed by atoms with van der Waals surface area (Å²) in [5, 5.41) is 6.64. The van der Waals surface area contributed by atoms with Gasteiger partial charge < -0.3 is 5.32 Å². The van der Waals surface area contributed by atoms with Crippen LogP contribution in [0.1, 0.15) is 30.5 Å². The zero-order chi connectivity index (χ0) is 16.2. The molecule has 0 atom stereocenters. The van der Waals surface area contributed by atoms with Crippen LogP contribution in [0.25, 0.3) is 0 Å². The first-order valence-corrected chi connectivity index (χ1v) is 9.67. The summed E-state index contributed by atoms with van der Waals surface area (Å²) in [4.78, 5) is 26.1. The molecule has 0 unspecified atom stereocenters. The standard InChI is InChI=1S/C17H12INO2S2/c18-14-4-2-1-3-13(14)17(21)19-9-12-5-6-15(23-12)16(20)11-7-8-22-10-11/h1-8,10H,9H2,(H,19,21). The second kappa shape index (κ2) is 7.37. The quantitative estimate of drug-likeness (QED) is 0.454. The number of nitrogens with one attached hydrogen (secondary N) is 1. The number of ketones is 1. The number of halogens is 1. The number of rotatable bonds is 5. The van der Waals surface area contributed by atoms with Crippen LogP contribution in [0.15, 0.2) is 53.2 Å². The normalized spacial score (nSPS) is 10.5. The van der Waals surface area contributed by atoms with E-state index in [1.165, 1.54) is 22.7 Å². The molecule has 3 nitrogen and oxygen atoms in total. The first kappa shape index (κ1) is 16.4. The Kier molecular flexibility index (Phi) is 5.24. The Hall–Kier alpha value is -1.51. The van der Waals surface area contributed by atoms with E-state index in [2.05, 4.69) is 27.9 Å². The fourth-order valence-electron chi connectivity index (χ4n) is 2.04. The lowest BCUT2D eigenvalue weighted by molar-refractivity contribution is 0.0950. The first-order valence-electron chi connectivity index (χ1n) is 6.83. The number of amides is 1. The number of hydrogen-bond acceptors (Lipinski definition) is 4. The zero-order valence-electron chi connectivity index (χ0n) is 11.9. The Morgan fingerprint density at radius 2 is 1.91 bits per heavy atom. The third-order valence-corrected chi connectivity index (χ3v) is 5.92. The Morgan fingerprint density at radius 1 is 1.09 bits per heavy atom.